The topological polar surface area (TPSA) is 18.1 Å². The standard InChI is InChI=1S/C31H21NO/c1-20-17-29-26(23-11-5-7-13-28(23)32(29)22-9-3-2-4-10-22)19-25(20)21-15-16-31-27(18-21)24-12-6-8-14-30(24)33-31/h2-19H,1H3. The average molecular weight is 424 g/mol. The van der Waals surface area contributed by atoms with Gasteiger partial charge in [-0.2, -0.15) is 0 Å². The minimum atomic E-state index is 0.930. The summed E-state index contributed by atoms with van der Waals surface area (Å²) in [5.74, 6) is 0. The van der Waals surface area contributed by atoms with Crippen LogP contribution >= 0.6 is 0 Å². The van der Waals surface area contributed by atoms with E-state index in [0.717, 1.165) is 21.9 Å². The molecule has 0 N–H and O–H groups in total. The van der Waals surface area contributed by atoms with E-state index in [9.17, 15) is 0 Å². The molecule has 0 aliphatic rings. The van der Waals surface area contributed by atoms with Gasteiger partial charge in [-0.25, -0.2) is 0 Å². The highest BCUT2D eigenvalue weighted by molar-refractivity contribution is 6.11. The van der Waals surface area contributed by atoms with Crippen molar-refractivity contribution in [3.05, 3.63) is 115 Å². The molecule has 33 heavy (non-hydrogen) atoms. The summed E-state index contributed by atoms with van der Waals surface area (Å²) in [6.07, 6.45) is 0. The van der Waals surface area contributed by atoms with Crippen molar-refractivity contribution in [3.63, 3.8) is 0 Å². The van der Waals surface area contributed by atoms with E-state index in [0.29, 0.717) is 0 Å². The van der Waals surface area contributed by atoms with Crippen LogP contribution in [-0.4, -0.2) is 4.57 Å². The van der Waals surface area contributed by atoms with E-state index < -0.39 is 0 Å². The quantitative estimate of drug-likeness (QED) is 0.272. The lowest BCUT2D eigenvalue weighted by atomic mass is 9.96. The fourth-order valence-electron chi connectivity index (χ4n) is 5.18. The van der Waals surface area contributed by atoms with Gasteiger partial charge < -0.3 is 8.98 Å². The van der Waals surface area contributed by atoms with E-state index in [2.05, 4.69) is 109 Å². The van der Waals surface area contributed by atoms with Crippen molar-refractivity contribution in [3.8, 4) is 16.8 Å². The predicted molar refractivity (Wildman–Crippen MR) is 138 cm³/mol. The molecule has 7 rings (SSSR count). The molecular formula is C31H21NO. The molecular weight excluding hydrogens is 402 g/mol. The van der Waals surface area contributed by atoms with Crippen molar-refractivity contribution in [2.75, 3.05) is 0 Å². The second-order valence-electron chi connectivity index (χ2n) is 8.68. The Morgan fingerprint density at radius 2 is 1.27 bits per heavy atom. The van der Waals surface area contributed by atoms with Crippen molar-refractivity contribution in [2.45, 2.75) is 6.92 Å². The van der Waals surface area contributed by atoms with Crippen molar-refractivity contribution >= 4 is 43.7 Å². The number of hydrogen-bond donors (Lipinski definition) is 0. The first-order valence-electron chi connectivity index (χ1n) is 11.3. The van der Waals surface area contributed by atoms with Crippen molar-refractivity contribution in [1.82, 2.24) is 4.57 Å². The van der Waals surface area contributed by atoms with Gasteiger partial charge >= 0.3 is 0 Å². The summed E-state index contributed by atoms with van der Waals surface area (Å²) in [6, 6.07) is 38.8. The molecule has 2 aromatic heterocycles. The Morgan fingerprint density at radius 3 is 2.15 bits per heavy atom. The molecule has 0 radical (unpaired) electrons. The third kappa shape index (κ3) is 2.68. The molecule has 0 atom stereocenters. The van der Waals surface area contributed by atoms with Crippen LogP contribution in [0.1, 0.15) is 5.56 Å². The first-order chi connectivity index (χ1) is 16.3. The summed E-state index contributed by atoms with van der Waals surface area (Å²) < 4.78 is 8.42. The number of rotatable bonds is 2. The number of nitrogens with zero attached hydrogens (tertiary/aromatic N) is 1. The number of benzene rings is 5. The SMILES string of the molecule is Cc1cc2c(cc1-c1ccc3oc4ccccc4c3c1)c1ccccc1n2-c1ccccc1. The maximum absolute atomic E-state index is 6.05. The zero-order valence-corrected chi connectivity index (χ0v) is 18.2. The van der Waals surface area contributed by atoms with Crippen molar-refractivity contribution in [1.29, 1.82) is 0 Å². The molecule has 0 unspecified atom stereocenters. The summed E-state index contributed by atoms with van der Waals surface area (Å²) in [5, 5.41) is 4.86. The first kappa shape index (κ1) is 18.3. The molecule has 156 valence electrons. The smallest absolute Gasteiger partial charge is 0.135 e. The zero-order chi connectivity index (χ0) is 21.9. The summed E-state index contributed by atoms with van der Waals surface area (Å²) >= 11 is 0. The van der Waals surface area contributed by atoms with Crippen LogP contribution in [0.3, 0.4) is 0 Å². The minimum Gasteiger partial charge on any atom is -0.456 e. The zero-order valence-electron chi connectivity index (χ0n) is 18.2. The number of para-hydroxylation sites is 3. The van der Waals surface area contributed by atoms with Gasteiger partial charge in [-0.05, 0) is 72.1 Å². The van der Waals surface area contributed by atoms with Crippen LogP contribution in [0.5, 0.6) is 0 Å². The molecule has 0 saturated carbocycles. The molecule has 0 aliphatic carbocycles. The number of furan rings is 1. The summed E-state index contributed by atoms with van der Waals surface area (Å²) in [6.45, 7) is 2.21. The van der Waals surface area contributed by atoms with Crippen molar-refractivity contribution < 1.29 is 4.42 Å². The second kappa shape index (κ2) is 6.85. The van der Waals surface area contributed by atoms with Gasteiger partial charge in [-0.3, -0.25) is 0 Å². The Morgan fingerprint density at radius 1 is 0.545 bits per heavy atom. The summed E-state index contributed by atoms with van der Waals surface area (Å²) in [7, 11) is 0. The normalized spacial score (nSPS) is 11.8. The predicted octanol–water partition coefficient (Wildman–Crippen LogP) is 8.66. The molecule has 0 fully saturated rings. The van der Waals surface area contributed by atoms with Crippen LogP contribution in [0, 0.1) is 6.92 Å². The Balaban J connectivity index is 1.52. The van der Waals surface area contributed by atoms with Gasteiger partial charge in [0, 0.05) is 27.2 Å². The number of fused-ring (bicyclic) bond motifs is 6. The Hall–Kier alpha value is -4.30. The highest BCUT2D eigenvalue weighted by Crippen LogP contribution is 2.38. The highest BCUT2D eigenvalue weighted by atomic mass is 16.3. The molecule has 0 aliphatic heterocycles. The van der Waals surface area contributed by atoms with Gasteiger partial charge in [-0.1, -0.05) is 60.7 Å². The molecule has 2 heterocycles. The van der Waals surface area contributed by atoms with Crippen molar-refractivity contribution in [2.24, 2.45) is 0 Å². The third-order valence-electron chi connectivity index (χ3n) is 6.72. The fraction of sp³-hybridized carbons (Fsp3) is 0.0323. The summed E-state index contributed by atoms with van der Waals surface area (Å²) in [4.78, 5) is 0. The lowest BCUT2D eigenvalue weighted by molar-refractivity contribution is 0.669. The molecule has 0 bridgehead atoms. The van der Waals surface area contributed by atoms with Gasteiger partial charge in [0.25, 0.3) is 0 Å². The van der Waals surface area contributed by atoms with Crippen LogP contribution in [-0.2, 0) is 0 Å². The van der Waals surface area contributed by atoms with Gasteiger partial charge in [0.1, 0.15) is 11.2 Å². The van der Waals surface area contributed by atoms with Crippen LogP contribution in [0.4, 0.5) is 0 Å². The van der Waals surface area contributed by atoms with E-state index >= 15 is 0 Å². The second-order valence-corrected chi connectivity index (χ2v) is 8.68. The van der Waals surface area contributed by atoms with Crippen LogP contribution in [0.15, 0.2) is 114 Å². The van der Waals surface area contributed by atoms with Crippen LogP contribution in [0.2, 0.25) is 0 Å². The van der Waals surface area contributed by atoms with Crippen LogP contribution < -0.4 is 0 Å². The van der Waals surface area contributed by atoms with Gasteiger partial charge in [-0.15, -0.1) is 0 Å². The maximum Gasteiger partial charge on any atom is 0.135 e. The maximum atomic E-state index is 6.05. The molecule has 0 saturated heterocycles. The number of aryl methyl sites for hydroxylation is 1. The Bertz CT molecular complexity index is 1820. The lowest BCUT2D eigenvalue weighted by Crippen LogP contribution is -1.93. The summed E-state index contributed by atoms with van der Waals surface area (Å²) in [5.41, 5.74) is 9.24. The number of hydrogen-bond acceptors (Lipinski definition) is 1. The highest BCUT2D eigenvalue weighted by Gasteiger charge is 2.15. The van der Waals surface area contributed by atoms with E-state index in [1.807, 2.05) is 12.1 Å². The van der Waals surface area contributed by atoms with Gasteiger partial charge in [0.2, 0.25) is 0 Å². The average Bonchev–Trinajstić information content (AvgIpc) is 3.39. The van der Waals surface area contributed by atoms with E-state index in [1.54, 1.807) is 0 Å². The lowest BCUT2D eigenvalue weighted by Gasteiger charge is -2.10. The molecule has 2 nitrogen and oxygen atoms in total. The molecule has 0 amide bonds. The number of aromatic nitrogens is 1. The van der Waals surface area contributed by atoms with E-state index in [-0.39, 0.29) is 0 Å². The molecule has 2 heteroatoms. The third-order valence-corrected chi connectivity index (χ3v) is 6.72. The van der Waals surface area contributed by atoms with Crippen LogP contribution in [0.25, 0.3) is 60.6 Å². The minimum absolute atomic E-state index is 0.930. The fourth-order valence-corrected chi connectivity index (χ4v) is 5.18. The first-order valence-corrected chi connectivity index (χ1v) is 11.3. The molecule has 5 aromatic carbocycles. The molecule has 0 spiro atoms. The van der Waals surface area contributed by atoms with E-state index in [1.165, 1.54) is 44.2 Å². The monoisotopic (exact) mass is 423 g/mol. The Kier molecular flexibility index (Phi) is 3.80. The van der Waals surface area contributed by atoms with E-state index in [4.69, 9.17) is 4.42 Å². The molecule has 7 aromatic rings. The Labute approximate surface area is 191 Å². The van der Waals surface area contributed by atoms with Gasteiger partial charge in [0.05, 0.1) is 11.0 Å². The van der Waals surface area contributed by atoms with Gasteiger partial charge in [0.15, 0.2) is 0 Å². The largest absolute Gasteiger partial charge is 0.456 e.